The van der Waals surface area contributed by atoms with E-state index in [9.17, 15) is 18.8 Å². The van der Waals surface area contributed by atoms with Gasteiger partial charge in [0, 0.05) is 0 Å². The minimum Gasteiger partial charge on any atom is -0.493 e. The van der Waals surface area contributed by atoms with Crippen molar-refractivity contribution in [3.63, 3.8) is 0 Å². The summed E-state index contributed by atoms with van der Waals surface area (Å²) in [7, 11) is 2.71. The molecule has 9 nitrogen and oxygen atoms in total. The Kier molecular flexibility index (Phi) is 6.45. The molecular weight excluding hydrogens is 515 g/mol. The van der Waals surface area contributed by atoms with Gasteiger partial charge in [-0.15, -0.1) is 0 Å². The molecule has 2 aromatic carbocycles. The van der Waals surface area contributed by atoms with Gasteiger partial charge in [0.05, 0.1) is 36.9 Å². The van der Waals surface area contributed by atoms with Gasteiger partial charge in [-0.2, -0.15) is 0 Å². The standard InChI is InChI=1S/C27H21FN2O7S/c1-5-10-36-18-8-6-14(11-19(18)34-3)21-20-22(31)16-12-15(28)7-9-17(16)37-23(20)25(32)30(21)27-29-13(2)24(38-27)26(33)35-4/h5-9,11-12,21H,1,10H2,2-4H3. The van der Waals surface area contributed by atoms with E-state index < -0.39 is 29.2 Å². The Morgan fingerprint density at radius 1 is 1.21 bits per heavy atom. The van der Waals surface area contributed by atoms with Crippen molar-refractivity contribution in [2.45, 2.75) is 13.0 Å². The molecule has 0 radical (unpaired) electrons. The molecule has 0 bridgehead atoms. The van der Waals surface area contributed by atoms with Gasteiger partial charge in [-0.25, -0.2) is 14.2 Å². The van der Waals surface area contributed by atoms with E-state index in [1.165, 1.54) is 25.2 Å². The van der Waals surface area contributed by atoms with E-state index in [0.717, 1.165) is 23.5 Å². The molecule has 0 fully saturated rings. The van der Waals surface area contributed by atoms with Crippen LogP contribution < -0.4 is 19.8 Å². The molecule has 38 heavy (non-hydrogen) atoms. The lowest BCUT2D eigenvalue weighted by Crippen LogP contribution is -2.29. The molecule has 11 heteroatoms. The van der Waals surface area contributed by atoms with Gasteiger partial charge in [-0.05, 0) is 42.8 Å². The zero-order valence-corrected chi connectivity index (χ0v) is 21.4. The smallest absolute Gasteiger partial charge is 0.350 e. The monoisotopic (exact) mass is 536 g/mol. The van der Waals surface area contributed by atoms with Crippen molar-refractivity contribution in [3.05, 3.63) is 92.6 Å². The first kappa shape index (κ1) is 25.2. The molecule has 1 atom stereocenters. The molecule has 194 valence electrons. The maximum atomic E-state index is 14.1. The average molecular weight is 537 g/mol. The molecule has 3 heterocycles. The Bertz CT molecular complexity index is 1680. The van der Waals surface area contributed by atoms with Crippen LogP contribution in [0.25, 0.3) is 11.0 Å². The van der Waals surface area contributed by atoms with Crippen LogP contribution in [0.15, 0.2) is 58.3 Å². The molecule has 0 spiro atoms. The Balaban J connectivity index is 1.76. The molecule has 1 amide bonds. The summed E-state index contributed by atoms with van der Waals surface area (Å²) in [5.41, 5.74) is 0.365. The number of halogens is 1. The number of amides is 1. The Morgan fingerprint density at radius 3 is 2.71 bits per heavy atom. The van der Waals surface area contributed by atoms with Crippen molar-refractivity contribution in [2.75, 3.05) is 25.7 Å². The fraction of sp³-hybridized carbons (Fsp3) is 0.185. The van der Waals surface area contributed by atoms with Crippen LogP contribution in [-0.4, -0.2) is 37.7 Å². The van der Waals surface area contributed by atoms with Crippen molar-refractivity contribution < 1.29 is 32.6 Å². The molecule has 1 aliphatic heterocycles. The minimum absolute atomic E-state index is 0.00753. The number of carbonyl (C=O) groups is 2. The number of fused-ring (bicyclic) bond motifs is 2. The van der Waals surface area contributed by atoms with Crippen molar-refractivity contribution in [1.82, 2.24) is 4.98 Å². The number of hydrogen-bond acceptors (Lipinski definition) is 9. The lowest BCUT2D eigenvalue weighted by atomic mass is 9.98. The second-order valence-electron chi connectivity index (χ2n) is 8.30. The normalized spacial score (nSPS) is 14.5. The van der Waals surface area contributed by atoms with Crippen LogP contribution in [0.2, 0.25) is 0 Å². The summed E-state index contributed by atoms with van der Waals surface area (Å²) in [6.45, 7) is 5.49. The number of ether oxygens (including phenoxy) is 3. The quantitative estimate of drug-likeness (QED) is 0.245. The van der Waals surface area contributed by atoms with Crippen molar-refractivity contribution in [1.29, 1.82) is 0 Å². The summed E-state index contributed by atoms with van der Waals surface area (Å²) in [5, 5.41) is 0.150. The van der Waals surface area contributed by atoms with E-state index in [-0.39, 0.29) is 38.9 Å². The third kappa shape index (κ3) is 4.01. The van der Waals surface area contributed by atoms with Gasteiger partial charge in [0.25, 0.3) is 5.91 Å². The van der Waals surface area contributed by atoms with Crippen LogP contribution >= 0.6 is 11.3 Å². The summed E-state index contributed by atoms with van der Waals surface area (Å²) < 4.78 is 35.9. The fourth-order valence-electron chi connectivity index (χ4n) is 4.35. The molecule has 0 N–H and O–H groups in total. The fourth-order valence-corrected chi connectivity index (χ4v) is 5.36. The SMILES string of the molecule is C=CCOc1ccc(C2c3c(oc4ccc(F)cc4c3=O)C(=O)N2c2nc(C)c(C(=O)OC)s2)cc1OC. The third-order valence-corrected chi connectivity index (χ3v) is 7.19. The average Bonchev–Trinajstić information content (AvgIpc) is 3.44. The molecular formula is C27H21FN2O7S. The second kappa shape index (κ2) is 9.75. The Hall–Kier alpha value is -4.51. The minimum atomic E-state index is -1.01. The number of aryl methyl sites for hydroxylation is 1. The zero-order valence-electron chi connectivity index (χ0n) is 20.6. The van der Waals surface area contributed by atoms with E-state index in [4.69, 9.17) is 18.6 Å². The number of nitrogens with zero attached hydrogens (tertiary/aromatic N) is 2. The van der Waals surface area contributed by atoms with E-state index >= 15 is 0 Å². The summed E-state index contributed by atoms with van der Waals surface area (Å²) in [6.07, 6.45) is 1.58. The van der Waals surface area contributed by atoms with E-state index in [2.05, 4.69) is 11.6 Å². The highest BCUT2D eigenvalue weighted by Crippen LogP contribution is 2.44. The van der Waals surface area contributed by atoms with E-state index in [0.29, 0.717) is 22.8 Å². The maximum absolute atomic E-state index is 14.1. The lowest BCUT2D eigenvalue weighted by molar-refractivity contribution is 0.0605. The lowest BCUT2D eigenvalue weighted by Gasteiger charge is -2.23. The highest BCUT2D eigenvalue weighted by atomic mass is 32.1. The summed E-state index contributed by atoms with van der Waals surface area (Å²) in [5.74, 6) is -1.27. The molecule has 4 aromatic rings. The van der Waals surface area contributed by atoms with Crippen molar-refractivity contribution in [3.8, 4) is 11.5 Å². The van der Waals surface area contributed by atoms with Crippen LogP contribution in [0.3, 0.4) is 0 Å². The van der Waals surface area contributed by atoms with E-state index in [1.54, 1.807) is 31.2 Å². The predicted molar refractivity (Wildman–Crippen MR) is 138 cm³/mol. The van der Waals surface area contributed by atoms with Gasteiger partial charge in [-0.1, -0.05) is 30.1 Å². The van der Waals surface area contributed by atoms with Crippen molar-refractivity contribution >= 4 is 39.3 Å². The number of methoxy groups -OCH3 is 2. The van der Waals surface area contributed by atoms with Gasteiger partial charge in [0.1, 0.15) is 22.9 Å². The first-order valence-corrected chi connectivity index (χ1v) is 12.2. The van der Waals surface area contributed by atoms with Crippen LogP contribution in [0, 0.1) is 12.7 Å². The molecule has 0 saturated heterocycles. The maximum Gasteiger partial charge on any atom is 0.350 e. The number of thiazole rings is 1. The van der Waals surface area contributed by atoms with Gasteiger partial charge in [0.15, 0.2) is 22.1 Å². The molecule has 1 aliphatic rings. The zero-order chi connectivity index (χ0) is 27.1. The molecule has 0 saturated carbocycles. The van der Waals surface area contributed by atoms with Gasteiger partial charge in [0.2, 0.25) is 5.76 Å². The van der Waals surface area contributed by atoms with Crippen LogP contribution in [0.4, 0.5) is 9.52 Å². The molecule has 1 unspecified atom stereocenters. The van der Waals surface area contributed by atoms with Crippen LogP contribution in [0.1, 0.15) is 43.1 Å². The van der Waals surface area contributed by atoms with Gasteiger partial charge in [-0.3, -0.25) is 14.5 Å². The topological polar surface area (TPSA) is 108 Å². The number of esters is 1. The predicted octanol–water partition coefficient (Wildman–Crippen LogP) is 4.81. The first-order valence-electron chi connectivity index (χ1n) is 11.4. The van der Waals surface area contributed by atoms with Gasteiger partial charge < -0.3 is 18.6 Å². The first-order chi connectivity index (χ1) is 18.3. The van der Waals surface area contributed by atoms with Crippen LogP contribution in [0.5, 0.6) is 11.5 Å². The largest absolute Gasteiger partial charge is 0.493 e. The summed E-state index contributed by atoms with van der Waals surface area (Å²) in [6, 6.07) is 7.46. The summed E-state index contributed by atoms with van der Waals surface area (Å²) in [4.78, 5) is 45.7. The highest BCUT2D eigenvalue weighted by Gasteiger charge is 2.45. The van der Waals surface area contributed by atoms with Crippen molar-refractivity contribution in [2.24, 2.45) is 0 Å². The second-order valence-corrected chi connectivity index (χ2v) is 9.28. The molecule has 2 aromatic heterocycles. The Labute approximate surface area is 219 Å². The highest BCUT2D eigenvalue weighted by molar-refractivity contribution is 7.17. The number of rotatable bonds is 7. The number of benzene rings is 2. The molecule has 5 rings (SSSR count). The number of aromatic nitrogens is 1. The number of carbonyl (C=O) groups excluding carboxylic acids is 2. The third-order valence-electron chi connectivity index (χ3n) is 6.05. The summed E-state index contributed by atoms with van der Waals surface area (Å²) >= 11 is 0.948. The van der Waals surface area contributed by atoms with Gasteiger partial charge >= 0.3 is 5.97 Å². The molecule has 0 aliphatic carbocycles. The number of anilines is 1. The Morgan fingerprint density at radius 2 is 2.00 bits per heavy atom. The number of hydrogen-bond donors (Lipinski definition) is 0. The van der Waals surface area contributed by atoms with E-state index in [1.807, 2.05) is 0 Å². The van der Waals surface area contributed by atoms with Crippen LogP contribution in [-0.2, 0) is 4.74 Å².